The summed E-state index contributed by atoms with van der Waals surface area (Å²) >= 11 is 1.85. The quantitative estimate of drug-likeness (QED) is 0.768. The van der Waals surface area contributed by atoms with Crippen molar-refractivity contribution in [3.8, 4) is 5.75 Å². The second-order valence-corrected chi connectivity index (χ2v) is 6.22. The lowest BCUT2D eigenvalue weighted by molar-refractivity contribution is -0.116. The molecule has 1 aromatic carbocycles. The first kappa shape index (κ1) is 16.6. The van der Waals surface area contributed by atoms with Crippen LogP contribution in [0.3, 0.4) is 0 Å². The molecule has 3 N–H and O–H groups in total. The van der Waals surface area contributed by atoms with Crippen LogP contribution in [0.25, 0.3) is 0 Å². The molecule has 0 aromatic heterocycles. The van der Waals surface area contributed by atoms with Crippen LogP contribution in [-0.2, 0) is 9.59 Å². The summed E-state index contributed by atoms with van der Waals surface area (Å²) in [6.07, 6.45) is 0.406. The molecule has 1 aliphatic rings. The number of carbonyl (C=O) groups is 2. The highest BCUT2D eigenvalue weighted by atomic mass is 32.2. The lowest BCUT2D eigenvalue weighted by Crippen LogP contribution is -2.39. The standard InChI is InChI=1S/C15H21N3O3S/c1-10(19)17-13-4-3-12(21-2)8-14(13)18-15(20)7-11-9-22-6-5-16-11/h3-4,8,11,16H,5-7,9H2,1-2H3,(H,17,19)(H,18,20). The molecule has 1 unspecified atom stereocenters. The molecule has 2 rings (SSSR count). The number of methoxy groups -OCH3 is 1. The Labute approximate surface area is 134 Å². The molecule has 120 valence electrons. The molecule has 0 bridgehead atoms. The maximum Gasteiger partial charge on any atom is 0.226 e. The average Bonchev–Trinajstić information content (AvgIpc) is 2.49. The fraction of sp³-hybridized carbons (Fsp3) is 0.467. The predicted molar refractivity (Wildman–Crippen MR) is 89.7 cm³/mol. The first-order valence-electron chi connectivity index (χ1n) is 7.15. The molecular formula is C15H21N3O3S. The molecule has 0 spiro atoms. The van der Waals surface area contributed by atoms with Crippen molar-refractivity contribution < 1.29 is 14.3 Å². The van der Waals surface area contributed by atoms with Crippen molar-refractivity contribution in [1.82, 2.24) is 5.32 Å². The second kappa shape index (κ2) is 8.05. The van der Waals surface area contributed by atoms with Crippen molar-refractivity contribution in [1.29, 1.82) is 0 Å². The highest BCUT2D eigenvalue weighted by molar-refractivity contribution is 7.99. The maximum absolute atomic E-state index is 12.2. The first-order chi connectivity index (χ1) is 10.6. The number of ether oxygens (including phenoxy) is 1. The molecule has 1 aromatic rings. The predicted octanol–water partition coefficient (Wildman–Crippen LogP) is 1.69. The molecule has 1 saturated heterocycles. The van der Waals surface area contributed by atoms with Crippen LogP contribution in [0.2, 0.25) is 0 Å². The van der Waals surface area contributed by atoms with Gasteiger partial charge in [0.1, 0.15) is 5.75 Å². The number of nitrogens with one attached hydrogen (secondary N) is 3. The molecule has 1 fully saturated rings. The fourth-order valence-electron chi connectivity index (χ4n) is 2.23. The van der Waals surface area contributed by atoms with Gasteiger partial charge in [-0.05, 0) is 12.1 Å². The normalized spacial score (nSPS) is 17.6. The summed E-state index contributed by atoms with van der Waals surface area (Å²) in [5, 5.41) is 8.89. The van der Waals surface area contributed by atoms with Crippen LogP contribution in [0.1, 0.15) is 13.3 Å². The Morgan fingerprint density at radius 3 is 2.82 bits per heavy atom. The Morgan fingerprint density at radius 1 is 1.36 bits per heavy atom. The number of thioether (sulfide) groups is 1. The van der Waals surface area contributed by atoms with E-state index in [0.717, 1.165) is 18.1 Å². The van der Waals surface area contributed by atoms with Crippen LogP contribution in [0.5, 0.6) is 5.75 Å². The molecule has 1 aliphatic heterocycles. The molecular weight excluding hydrogens is 302 g/mol. The molecule has 6 nitrogen and oxygen atoms in total. The van der Waals surface area contributed by atoms with E-state index in [0.29, 0.717) is 23.5 Å². The van der Waals surface area contributed by atoms with Crippen LogP contribution in [0.4, 0.5) is 11.4 Å². The van der Waals surface area contributed by atoms with Gasteiger partial charge in [0.2, 0.25) is 11.8 Å². The van der Waals surface area contributed by atoms with Crippen molar-refractivity contribution in [2.75, 3.05) is 35.8 Å². The number of carbonyl (C=O) groups excluding carboxylic acids is 2. The number of amides is 2. The summed E-state index contributed by atoms with van der Waals surface area (Å²) in [7, 11) is 1.56. The van der Waals surface area contributed by atoms with Gasteiger partial charge in [0.25, 0.3) is 0 Å². The zero-order valence-corrected chi connectivity index (χ0v) is 13.6. The molecule has 0 aliphatic carbocycles. The van der Waals surface area contributed by atoms with E-state index in [2.05, 4.69) is 16.0 Å². The van der Waals surface area contributed by atoms with Crippen molar-refractivity contribution >= 4 is 35.0 Å². The lowest BCUT2D eigenvalue weighted by atomic mass is 10.2. The van der Waals surface area contributed by atoms with E-state index in [-0.39, 0.29) is 17.9 Å². The van der Waals surface area contributed by atoms with Gasteiger partial charge in [0.05, 0.1) is 18.5 Å². The van der Waals surface area contributed by atoms with E-state index in [1.165, 1.54) is 6.92 Å². The van der Waals surface area contributed by atoms with Gasteiger partial charge in [-0.25, -0.2) is 0 Å². The Bertz CT molecular complexity index is 545. The third kappa shape index (κ3) is 4.92. The van der Waals surface area contributed by atoms with E-state index in [1.807, 2.05) is 11.8 Å². The summed E-state index contributed by atoms with van der Waals surface area (Å²) in [6, 6.07) is 5.34. The topological polar surface area (TPSA) is 79.5 Å². The minimum Gasteiger partial charge on any atom is -0.497 e. The minimum atomic E-state index is -0.189. The summed E-state index contributed by atoms with van der Waals surface area (Å²) < 4.78 is 5.17. The van der Waals surface area contributed by atoms with E-state index < -0.39 is 0 Å². The first-order valence-corrected chi connectivity index (χ1v) is 8.30. The Hall–Kier alpha value is -1.73. The Kier molecular flexibility index (Phi) is 6.09. The van der Waals surface area contributed by atoms with Gasteiger partial charge in [-0.3, -0.25) is 9.59 Å². The third-order valence-electron chi connectivity index (χ3n) is 3.24. The van der Waals surface area contributed by atoms with Crippen LogP contribution in [-0.4, -0.2) is 43.0 Å². The molecule has 22 heavy (non-hydrogen) atoms. The van der Waals surface area contributed by atoms with Crippen molar-refractivity contribution in [3.63, 3.8) is 0 Å². The van der Waals surface area contributed by atoms with E-state index >= 15 is 0 Å². The minimum absolute atomic E-state index is 0.0835. The molecule has 2 amide bonds. The van der Waals surface area contributed by atoms with Gasteiger partial charge in [-0.2, -0.15) is 11.8 Å². The van der Waals surface area contributed by atoms with Gasteiger partial charge < -0.3 is 20.7 Å². The molecule has 0 radical (unpaired) electrons. The van der Waals surface area contributed by atoms with Gasteiger partial charge in [0, 0.05) is 43.5 Å². The average molecular weight is 323 g/mol. The number of anilines is 2. The van der Waals surface area contributed by atoms with Crippen LogP contribution in [0.15, 0.2) is 18.2 Å². The van der Waals surface area contributed by atoms with Gasteiger partial charge in [-0.15, -0.1) is 0 Å². The van der Waals surface area contributed by atoms with Crippen LogP contribution in [0, 0.1) is 0 Å². The number of hydrogen-bond donors (Lipinski definition) is 3. The summed E-state index contributed by atoms with van der Waals surface area (Å²) in [6.45, 7) is 2.36. The zero-order valence-electron chi connectivity index (χ0n) is 12.8. The number of hydrogen-bond acceptors (Lipinski definition) is 5. The summed E-state index contributed by atoms with van der Waals surface area (Å²) in [4.78, 5) is 23.5. The van der Waals surface area contributed by atoms with Crippen molar-refractivity contribution in [2.45, 2.75) is 19.4 Å². The Balaban J connectivity index is 2.05. The molecule has 1 atom stereocenters. The van der Waals surface area contributed by atoms with E-state index in [1.54, 1.807) is 25.3 Å². The second-order valence-electron chi connectivity index (χ2n) is 5.07. The van der Waals surface area contributed by atoms with Crippen LogP contribution < -0.4 is 20.7 Å². The van der Waals surface area contributed by atoms with E-state index in [9.17, 15) is 9.59 Å². The van der Waals surface area contributed by atoms with Crippen LogP contribution >= 0.6 is 11.8 Å². The van der Waals surface area contributed by atoms with Gasteiger partial charge >= 0.3 is 0 Å². The zero-order chi connectivity index (χ0) is 15.9. The van der Waals surface area contributed by atoms with Gasteiger partial charge in [-0.1, -0.05) is 0 Å². The summed E-state index contributed by atoms with van der Waals surface area (Å²) in [5.41, 5.74) is 1.11. The molecule has 1 heterocycles. The monoisotopic (exact) mass is 323 g/mol. The molecule has 7 heteroatoms. The maximum atomic E-state index is 12.2. The fourth-order valence-corrected chi connectivity index (χ4v) is 3.18. The Morgan fingerprint density at radius 2 is 2.18 bits per heavy atom. The van der Waals surface area contributed by atoms with E-state index in [4.69, 9.17) is 4.74 Å². The van der Waals surface area contributed by atoms with Crippen molar-refractivity contribution in [2.24, 2.45) is 0 Å². The third-order valence-corrected chi connectivity index (χ3v) is 4.37. The highest BCUT2D eigenvalue weighted by Crippen LogP contribution is 2.27. The SMILES string of the molecule is COc1ccc(NC(C)=O)c(NC(=O)CC2CSCCN2)c1. The lowest BCUT2D eigenvalue weighted by Gasteiger charge is -2.22. The largest absolute Gasteiger partial charge is 0.497 e. The number of rotatable bonds is 5. The highest BCUT2D eigenvalue weighted by Gasteiger charge is 2.18. The van der Waals surface area contributed by atoms with Crippen molar-refractivity contribution in [3.05, 3.63) is 18.2 Å². The number of benzene rings is 1. The summed E-state index contributed by atoms with van der Waals surface area (Å²) in [5.74, 6) is 2.37. The smallest absolute Gasteiger partial charge is 0.226 e. The molecule has 0 saturated carbocycles. The van der Waals surface area contributed by atoms with Gasteiger partial charge in [0.15, 0.2) is 0 Å².